The molecule has 0 aromatic heterocycles. The van der Waals surface area contributed by atoms with Crippen molar-refractivity contribution in [2.45, 2.75) is 13.2 Å². The Morgan fingerprint density at radius 1 is 1.04 bits per heavy atom. The van der Waals surface area contributed by atoms with E-state index in [2.05, 4.69) is 15.4 Å². The van der Waals surface area contributed by atoms with Crippen LogP contribution in [0.5, 0.6) is 11.5 Å². The van der Waals surface area contributed by atoms with E-state index in [4.69, 9.17) is 9.47 Å². The van der Waals surface area contributed by atoms with Crippen molar-refractivity contribution in [3.63, 3.8) is 0 Å². The molecule has 0 unspecified atom stereocenters. The van der Waals surface area contributed by atoms with Gasteiger partial charge >= 0.3 is 12.6 Å². The second kappa shape index (κ2) is 10.2. The monoisotopic (exact) mass is 366 g/mol. The lowest BCUT2D eigenvalue weighted by Crippen LogP contribution is -2.28. The number of carbonyl (C=O) groups is 1. The van der Waals surface area contributed by atoms with Crippen molar-refractivity contribution in [1.29, 1.82) is 0 Å². The molecule has 0 saturated heterocycles. The Hall–Kier alpha value is -2.87. The number of urea groups is 1. The first-order chi connectivity index (χ1) is 12.6. The van der Waals surface area contributed by atoms with Gasteiger partial charge in [-0.1, -0.05) is 30.3 Å². The highest BCUT2D eigenvalue weighted by atomic mass is 19.3. The van der Waals surface area contributed by atoms with Crippen LogP contribution in [0.1, 0.15) is 5.56 Å². The molecule has 0 heterocycles. The Balaban J connectivity index is 1.94. The fourth-order valence-corrected chi connectivity index (χ4v) is 2.13. The van der Waals surface area contributed by atoms with Crippen LogP contribution in [-0.4, -0.2) is 33.0 Å². The lowest BCUT2D eigenvalue weighted by Gasteiger charge is -2.14. The summed E-state index contributed by atoms with van der Waals surface area (Å²) < 4.78 is 39.7. The maximum absolute atomic E-state index is 12.4. The molecule has 8 heteroatoms. The van der Waals surface area contributed by atoms with E-state index in [1.54, 1.807) is 49.6 Å². The summed E-state index contributed by atoms with van der Waals surface area (Å²) in [7, 11) is 1.57. The van der Waals surface area contributed by atoms with Crippen LogP contribution in [0.25, 0.3) is 0 Å². The van der Waals surface area contributed by atoms with Crippen LogP contribution in [0.4, 0.5) is 19.3 Å². The van der Waals surface area contributed by atoms with Gasteiger partial charge < -0.3 is 24.8 Å². The van der Waals surface area contributed by atoms with E-state index in [0.29, 0.717) is 30.2 Å². The standard InChI is InChI=1S/C18H20F2N2O4/c1-24-10-11-25-16-9-5-3-7-14(16)22-18(23)21-12-13-6-2-4-8-15(13)26-17(19)20/h2-9,17H,10-12H2,1H3,(H2,21,22,23). The second-order valence-electron chi connectivity index (χ2n) is 5.13. The fourth-order valence-electron chi connectivity index (χ4n) is 2.13. The van der Waals surface area contributed by atoms with Crippen LogP contribution in [-0.2, 0) is 11.3 Å². The Labute approximate surface area is 150 Å². The minimum atomic E-state index is -2.93. The van der Waals surface area contributed by atoms with E-state index in [1.165, 1.54) is 6.07 Å². The van der Waals surface area contributed by atoms with Crippen LogP contribution in [0, 0.1) is 0 Å². The Morgan fingerprint density at radius 2 is 1.73 bits per heavy atom. The number of ether oxygens (including phenoxy) is 3. The number of hydrogen-bond donors (Lipinski definition) is 2. The zero-order valence-corrected chi connectivity index (χ0v) is 14.2. The minimum absolute atomic E-state index is 0.0195. The first kappa shape index (κ1) is 19.5. The quantitative estimate of drug-likeness (QED) is 0.665. The number of amides is 2. The smallest absolute Gasteiger partial charge is 0.387 e. The first-order valence-electron chi connectivity index (χ1n) is 7.88. The molecule has 2 aromatic carbocycles. The summed E-state index contributed by atoms with van der Waals surface area (Å²) in [6, 6.07) is 12.7. The average Bonchev–Trinajstić information content (AvgIpc) is 2.62. The summed E-state index contributed by atoms with van der Waals surface area (Å²) >= 11 is 0. The van der Waals surface area contributed by atoms with E-state index < -0.39 is 12.6 Å². The largest absolute Gasteiger partial charge is 0.489 e. The van der Waals surface area contributed by atoms with Gasteiger partial charge in [-0.2, -0.15) is 8.78 Å². The molecule has 26 heavy (non-hydrogen) atoms. The van der Waals surface area contributed by atoms with Gasteiger partial charge in [-0.15, -0.1) is 0 Å². The molecule has 0 spiro atoms. The fraction of sp³-hybridized carbons (Fsp3) is 0.278. The number of alkyl halides is 2. The number of anilines is 1. The van der Waals surface area contributed by atoms with Crippen LogP contribution < -0.4 is 20.1 Å². The van der Waals surface area contributed by atoms with E-state index >= 15 is 0 Å². The third-order valence-electron chi connectivity index (χ3n) is 3.31. The number of hydrogen-bond acceptors (Lipinski definition) is 4. The topological polar surface area (TPSA) is 68.8 Å². The molecule has 140 valence electrons. The van der Waals surface area contributed by atoms with Crippen molar-refractivity contribution in [2.24, 2.45) is 0 Å². The molecule has 2 aromatic rings. The second-order valence-corrected chi connectivity index (χ2v) is 5.13. The van der Waals surface area contributed by atoms with Crippen LogP contribution in [0.2, 0.25) is 0 Å². The van der Waals surface area contributed by atoms with Crippen molar-refractivity contribution >= 4 is 11.7 Å². The molecule has 0 radical (unpaired) electrons. The molecule has 6 nitrogen and oxygen atoms in total. The number of rotatable bonds is 9. The third kappa shape index (κ3) is 6.21. The SMILES string of the molecule is COCCOc1ccccc1NC(=O)NCc1ccccc1OC(F)F. The van der Waals surface area contributed by atoms with Crippen molar-refractivity contribution in [3.8, 4) is 11.5 Å². The molecule has 2 rings (SSSR count). The lowest BCUT2D eigenvalue weighted by atomic mass is 10.2. The Morgan fingerprint density at radius 3 is 2.46 bits per heavy atom. The van der Waals surface area contributed by atoms with Gasteiger partial charge in [-0.25, -0.2) is 4.79 Å². The van der Waals surface area contributed by atoms with E-state index in [1.807, 2.05) is 0 Å². The van der Waals surface area contributed by atoms with Crippen molar-refractivity contribution in [1.82, 2.24) is 5.32 Å². The summed E-state index contributed by atoms with van der Waals surface area (Å²) in [6.45, 7) is -2.14. The number of methoxy groups -OCH3 is 1. The Bertz CT molecular complexity index is 713. The van der Waals surface area contributed by atoms with Gasteiger partial charge in [0.15, 0.2) is 0 Å². The lowest BCUT2D eigenvalue weighted by molar-refractivity contribution is -0.0504. The van der Waals surface area contributed by atoms with Crippen LogP contribution in [0.15, 0.2) is 48.5 Å². The van der Waals surface area contributed by atoms with Crippen LogP contribution in [0.3, 0.4) is 0 Å². The average molecular weight is 366 g/mol. The molecule has 0 aliphatic heterocycles. The number of carbonyl (C=O) groups excluding carboxylic acids is 1. The van der Waals surface area contributed by atoms with Gasteiger partial charge in [-0.3, -0.25) is 0 Å². The van der Waals surface area contributed by atoms with Gasteiger partial charge in [0, 0.05) is 19.2 Å². The predicted octanol–water partition coefficient (Wildman–Crippen LogP) is 3.63. The molecule has 0 bridgehead atoms. The highest BCUT2D eigenvalue weighted by Gasteiger charge is 2.11. The summed E-state index contributed by atoms with van der Waals surface area (Å²) in [5.41, 5.74) is 0.922. The molecule has 0 fully saturated rings. The van der Waals surface area contributed by atoms with Crippen molar-refractivity contribution in [3.05, 3.63) is 54.1 Å². The molecule has 0 atom stereocenters. The van der Waals surface area contributed by atoms with Gasteiger partial charge in [0.2, 0.25) is 0 Å². The number of benzene rings is 2. The van der Waals surface area contributed by atoms with Crippen molar-refractivity contribution < 1.29 is 27.8 Å². The Kier molecular flexibility index (Phi) is 7.63. The summed E-state index contributed by atoms with van der Waals surface area (Å²) in [5.74, 6) is 0.521. The normalized spacial score (nSPS) is 10.5. The molecule has 0 saturated carbocycles. The first-order valence-corrected chi connectivity index (χ1v) is 7.88. The van der Waals surface area contributed by atoms with E-state index in [9.17, 15) is 13.6 Å². The van der Waals surface area contributed by atoms with E-state index in [-0.39, 0.29) is 12.3 Å². The third-order valence-corrected chi connectivity index (χ3v) is 3.31. The summed E-state index contributed by atoms with van der Waals surface area (Å²) in [5, 5.41) is 5.26. The molecule has 0 aliphatic rings. The molecule has 2 amide bonds. The van der Waals surface area contributed by atoms with Gasteiger partial charge in [-0.05, 0) is 18.2 Å². The molecule has 2 N–H and O–H groups in total. The molecular formula is C18H20F2N2O4. The molecular weight excluding hydrogens is 346 g/mol. The summed E-state index contributed by atoms with van der Waals surface area (Å²) in [6.07, 6.45) is 0. The maximum Gasteiger partial charge on any atom is 0.387 e. The maximum atomic E-state index is 12.4. The summed E-state index contributed by atoms with van der Waals surface area (Å²) in [4.78, 5) is 12.1. The number of para-hydroxylation sites is 3. The highest BCUT2D eigenvalue weighted by Crippen LogP contribution is 2.24. The zero-order chi connectivity index (χ0) is 18.8. The highest BCUT2D eigenvalue weighted by molar-refractivity contribution is 5.90. The number of nitrogens with one attached hydrogen (secondary N) is 2. The van der Waals surface area contributed by atoms with Gasteiger partial charge in [0.05, 0.1) is 12.3 Å². The number of halogens is 2. The van der Waals surface area contributed by atoms with E-state index in [0.717, 1.165) is 0 Å². The zero-order valence-electron chi connectivity index (χ0n) is 14.2. The minimum Gasteiger partial charge on any atom is -0.489 e. The molecule has 0 aliphatic carbocycles. The van der Waals surface area contributed by atoms with Crippen molar-refractivity contribution in [2.75, 3.05) is 25.6 Å². The predicted molar refractivity (Wildman–Crippen MR) is 92.7 cm³/mol. The van der Waals surface area contributed by atoms with Gasteiger partial charge in [0.1, 0.15) is 18.1 Å². The van der Waals surface area contributed by atoms with Crippen LogP contribution >= 0.6 is 0 Å². The van der Waals surface area contributed by atoms with Gasteiger partial charge in [0.25, 0.3) is 0 Å².